The van der Waals surface area contributed by atoms with Crippen molar-refractivity contribution < 1.29 is 63.4 Å². The van der Waals surface area contributed by atoms with Crippen LogP contribution in [0, 0.1) is 0 Å². The molecule has 1 aromatic rings. The number of alkyl halides is 1. The Hall–Kier alpha value is -2.59. The number of imide groups is 1. The van der Waals surface area contributed by atoms with E-state index in [1.807, 2.05) is 0 Å². The minimum Gasteiger partial charge on any atom is -0.548 e. The number of amides is 6. The molecule has 0 bridgehead atoms. The molecule has 2 N–H and O–H groups in total. The maximum Gasteiger partial charge on any atom is 1.00 e. The van der Waals surface area contributed by atoms with Gasteiger partial charge in [0.25, 0.3) is 0 Å². The van der Waals surface area contributed by atoms with Crippen molar-refractivity contribution >= 4 is 63.4 Å². The van der Waals surface area contributed by atoms with Crippen molar-refractivity contribution in [2.24, 2.45) is 5.10 Å². The van der Waals surface area contributed by atoms with Crippen molar-refractivity contribution in [2.45, 2.75) is 47.1 Å². The number of carboxylic acid groups (broad SMARTS) is 1. The largest absolute Gasteiger partial charge is 1.00 e. The molecule has 4 aliphatic rings. The summed E-state index contributed by atoms with van der Waals surface area (Å²) in [5.74, 6) is -2.38. The van der Waals surface area contributed by atoms with E-state index in [4.69, 9.17) is 4.74 Å². The molecular weight excluding hydrogens is 619 g/mol. The third kappa shape index (κ3) is 5.62. The van der Waals surface area contributed by atoms with Crippen LogP contribution in [0.2, 0.25) is 0 Å². The number of thioether (sulfide) groups is 1. The number of carbonyl (C=O) groups excluding carboxylic acids is 5. The van der Waals surface area contributed by atoms with Crippen LogP contribution in [0.4, 0.5) is 9.59 Å². The summed E-state index contributed by atoms with van der Waals surface area (Å²) in [6.45, 7) is 3.55. The fraction of sp³-hybridized carbons (Fsp3) is 0.417. The van der Waals surface area contributed by atoms with Gasteiger partial charge in [0.15, 0.2) is 5.01 Å². The zero-order valence-electron chi connectivity index (χ0n) is 21.8. The van der Waals surface area contributed by atoms with Crippen LogP contribution in [0.5, 0.6) is 0 Å². The number of carbonyl (C=O) groups is 5. The van der Waals surface area contributed by atoms with Gasteiger partial charge in [0.05, 0.1) is 25.1 Å². The standard InChI is InChI=1S/C24H25BrN6O7S.Na/c1-24(2)17(21(34)35)31-19(33)16(20(31)39-24)26-18(32)15(12-6-4-3-5-7-12)27-22(36)29-10-11-30(23(29)37)28-14-9-8-13(25)38-14;/h3-9,13,15-17,20H,10-11H2,1-2H3,(H,26,32)(H,27,36)(H,34,35);/q;+1/p-1/t13?,15?,16-,17+,20-;/m1./s1. The first kappa shape index (κ1) is 30.4. The molecule has 3 fully saturated rings. The zero-order valence-corrected chi connectivity index (χ0v) is 26.2. The van der Waals surface area contributed by atoms with Gasteiger partial charge in [-0.3, -0.25) is 9.59 Å². The van der Waals surface area contributed by atoms with E-state index in [1.165, 1.54) is 16.7 Å². The molecule has 0 radical (unpaired) electrons. The molecule has 0 aliphatic carbocycles. The predicted molar refractivity (Wildman–Crippen MR) is 140 cm³/mol. The summed E-state index contributed by atoms with van der Waals surface area (Å²) in [6.07, 6.45) is 3.29. The van der Waals surface area contributed by atoms with Crippen molar-refractivity contribution in [1.29, 1.82) is 0 Å². The Morgan fingerprint density at radius 3 is 2.52 bits per heavy atom. The summed E-state index contributed by atoms with van der Waals surface area (Å²) in [7, 11) is 0. The van der Waals surface area contributed by atoms with Gasteiger partial charge in [0.1, 0.15) is 17.5 Å². The summed E-state index contributed by atoms with van der Waals surface area (Å²) in [6, 6.07) is 3.51. The molecular formula is C24H24BrN6NaO7S. The van der Waals surface area contributed by atoms with Crippen molar-refractivity contribution in [3.8, 4) is 0 Å². The number of rotatable bonds is 6. The summed E-state index contributed by atoms with van der Waals surface area (Å²) in [5, 5.41) is 21.2. The van der Waals surface area contributed by atoms with E-state index in [9.17, 15) is 29.1 Å². The Balaban J connectivity index is 0.00000370. The van der Waals surface area contributed by atoms with Crippen LogP contribution in [0.3, 0.4) is 0 Å². The molecule has 40 heavy (non-hydrogen) atoms. The molecule has 5 rings (SSSR count). The molecule has 2 unspecified atom stereocenters. The van der Waals surface area contributed by atoms with Crippen LogP contribution in [-0.2, 0) is 19.1 Å². The first-order valence-corrected chi connectivity index (χ1v) is 13.8. The van der Waals surface area contributed by atoms with E-state index >= 15 is 0 Å². The number of aliphatic carboxylic acids is 1. The topological polar surface area (TPSA) is 164 Å². The average molecular weight is 643 g/mol. The first-order valence-electron chi connectivity index (χ1n) is 12.0. The second kappa shape index (κ2) is 11.7. The maximum atomic E-state index is 13.4. The number of nitrogens with zero attached hydrogens (tertiary/aromatic N) is 4. The molecule has 16 heteroatoms. The predicted octanol–water partition coefficient (Wildman–Crippen LogP) is -2.90. The summed E-state index contributed by atoms with van der Waals surface area (Å²) >= 11 is 4.50. The summed E-state index contributed by atoms with van der Waals surface area (Å²) in [5.41, 5.74) is 0.426. The van der Waals surface area contributed by atoms with Gasteiger partial charge in [-0.15, -0.1) is 16.9 Å². The van der Waals surface area contributed by atoms with E-state index in [1.54, 1.807) is 56.3 Å². The molecule has 5 atom stereocenters. The molecule has 4 heterocycles. The number of fused-ring (bicyclic) bond motifs is 1. The summed E-state index contributed by atoms with van der Waals surface area (Å²) in [4.78, 5) is 66.0. The molecule has 4 aliphatic heterocycles. The molecule has 0 aromatic heterocycles. The Morgan fingerprint density at radius 1 is 1.20 bits per heavy atom. The van der Waals surface area contributed by atoms with Crippen LogP contribution >= 0.6 is 27.7 Å². The van der Waals surface area contributed by atoms with Gasteiger partial charge in [-0.1, -0.05) is 30.3 Å². The van der Waals surface area contributed by atoms with Crippen molar-refractivity contribution in [3.05, 3.63) is 48.0 Å². The van der Waals surface area contributed by atoms with Crippen LogP contribution in [-0.4, -0.2) is 90.9 Å². The Morgan fingerprint density at radius 2 is 1.90 bits per heavy atom. The smallest absolute Gasteiger partial charge is 0.548 e. The molecule has 1 aromatic carbocycles. The Labute approximate surface area is 264 Å². The Bertz CT molecular complexity index is 1300. The van der Waals surface area contributed by atoms with E-state index in [0.29, 0.717) is 5.56 Å². The maximum absolute atomic E-state index is 13.4. The van der Waals surface area contributed by atoms with Crippen LogP contribution in [0.25, 0.3) is 0 Å². The zero-order chi connectivity index (χ0) is 28.1. The molecule has 0 spiro atoms. The number of halogens is 1. The van der Waals surface area contributed by atoms with Gasteiger partial charge in [-0.05, 0) is 41.4 Å². The van der Waals surface area contributed by atoms with E-state index < -0.39 is 58.1 Å². The second-order valence-corrected chi connectivity index (χ2v) is 12.4. The number of urea groups is 2. The third-order valence-corrected chi connectivity index (χ3v) is 8.76. The Kier molecular flexibility index (Phi) is 8.90. The van der Waals surface area contributed by atoms with E-state index in [2.05, 4.69) is 31.7 Å². The first-order chi connectivity index (χ1) is 18.5. The normalized spacial score (nSPS) is 28.0. The number of benzene rings is 1. The number of carboxylic acids is 1. The fourth-order valence-corrected chi connectivity index (χ4v) is 6.81. The van der Waals surface area contributed by atoms with Crippen molar-refractivity contribution in [1.82, 2.24) is 25.4 Å². The van der Waals surface area contributed by atoms with Crippen molar-refractivity contribution in [2.75, 3.05) is 13.1 Å². The number of hydrazone groups is 1. The minimum atomic E-state index is -1.36. The molecule has 206 valence electrons. The van der Waals surface area contributed by atoms with Gasteiger partial charge >= 0.3 is 41.6 Å². The molecule has 0 saturated carbocycles. The average Bonchev–Trinajstić information content (AvgIpc) is 3.55. The van der Waals surface area contributed by atoms with Crippen LogP contribution in [0.15, 0.2) is 47.6 Å². The van der Waals surface area contributed by atoms with Gasteiger partial charge in [-0.2, -0.15) is 0 Å². The minimum absolute atomic E-state index is 0. The molecule has 3 saturated heterocycles. The SMILES string of the molecule is CC1(C)S[C@@H]2[C@H](NC(=O)C(NC(=O)N3CCN(N=C4C=CC(Br)O4)C3=O)c3ccccc3)C(=O)N2[C@H]1C(=O)[O-].[Na+]. The van der Waals surface area contributed by atoms with Gasteiger partial charge in [0, 0.05) is 10.8 Å². The van der Waals surface area contributed by atoms with Crippen LogP contribution < -0.4 is 45.3 Å². The fourth-order valence-electron chi connectivity index (χ4n) is 4.84. The number of hydrogen-bond acceptors (Lipinski definition) is 9. The van der Waals surface area contributed by atoms with Gasteiger partial charge in [-0.25, -0.2) is 19.5 Å². The van der Waals surface area contributed by atoms with Crippen LogP contribution in [0.1, 0.15) is 25.5 Å². The summed E-state index contributed by atoms with van der Waals surface area (Å²) < 4.78 is 4.55. The number of β-lactam (4-membered cyclic amide) rings is 1. The van der Waals surface area contributed by atoms with E-state index in [0.717, 1.165) is 9.91 Å². The number of nitrogens with one attached hydrogen (secondary N) is 2. The van der Waals surface area contributed by atoms with E-state index in [-0.39, 0.29) is 53.6 Å². The van der Waals surface area contributed by atoms with Crippen molar-refractivity contribution in [3.63, 3.8) is 0 Å². The molecule has 13 nitrogen and oxygen atoms in total. The third-order valence-electron chi connectivity index (χ3n) is 6.70. The van der Waals surface area contributed by atoms with Gasteiger partial charge < -0.3 is 30.2 Å². The molecule has 6 amide bonds. The second-order valence-electron chi connectivity index (χ2n) is 9.68. The number of ether oxygens (including phenoxy) is 1. The monoisotopic (exact) mass is 642 g/mol. The number of hydrogen-bond donors (Lipinski definition) is 2. The van der Waals surface area contributed by atoms with Gasteiger partial charge in [0.2, 0.25) is 17.7 Å². The quantitative estimate of drug-likeness (QED) is 0.190.